The molecule has 0 spiro atoms. The topological polar surface area (TPSA) is 41.9 Å². The Kier molecular flexibility index (Phi) is 5.48. The van der Waals surface area contributed by atoms with Crippen molar-refractivity contribution in [2.24, 2.45) is 5.16 Å². The monoisotopic (exact) mass is 328 g/mol. The zero-order valence-corrected chi connectivity index (χ0v) is 13.6. The third-order valence-electron chi connectivity index (χ3n) is 3.45. The maximum absolute atomic E-state index is 11.8. The van der Waals surface area contributed by atoms with Crippen LogP contribution in [-0.4, -0.2) is 35.7 Å². The van der Waals surface area contributed by atoms with E-state index in [0.717, 1.165) is 11.3 Å². The van der Waals surface area contributed by atoms with Crippen LogP contribution in [0, 0.1) is 0 Å². The molecule has 0 radical (unpaired) electrons. The van der Waals surface area contributed by atoms with Crippen molar-refractivity contribution in [2.45, 2.75) is 32.8 Å². The molecule has 0 aliphatic carbocycles. The SMILES string of the molecule is CCC(=O)N(CC)C[C@@H]1CC(c2ccc(Cl)c(Cl)c2)=NO1. The van der Waals surface area contributed by atoms with Crippen molar-refractivity contribution in [1.29, 1.82) is 0 Å². The van der Waals surface area contributed by atoms with Gasteiger partial charge in [-0.15, -0.1) is 0 Å². The summed E-state index contributed by atoms with van der Waals surface area (Å²) in [6.07, 6.45) is 1.05. The fraction of sp³-hybridized carbons (Fsp3) is 0.467. The minimum absolute atomic E-state index is 0.107. The van der Waals surface area contributed by atoms with Gasteiger partial charge in [-0.3, -0.25) is 4.79 Å². The number of likely N-dealkylation sites (N-methyl/N-ethyl adjacent to an activating group) is 1. The van der Waals surface area contributed by atoms with Crippen molar-refractivity contribution < 1.29 is 9.63 Å². The lowest BCUT2D eigenvalue weighted by Gasteiger charge is -2.22. The Labute approximate surface area is 134 Å². The van der Waals surface area contributed by atoms with Gasteiger partial charge in [-0.25, -0.2) is 0 Å². The molecule has 6 heteroatoms. The Bertz CT molecular complexity index is 561. The molecule has 0 fully saturated rings. The van der Waals surface area contributed by atoms with Crippen molar-refractivity contribution in [3.8, 4) is 0 Å². The predicted molar refractivity (Wildman–Crippen MR) is 85.0 cm³/mol. The molecule has 21 heavy (non-hydrogen) atoms. The van der Waals surface area contributed by atoms with Gasteiger partial charge in [0.05, 0.1) is 22.3 Å². The van der Waals surface area contributed by atoms with E-state index in [2.05, 4.69) is 5.16 Å². The van der Waals surface area contributed by atoms with Crippen molar-refractivity contribution in [2.75, 3.05) is 13.1 Å². The normalized spacial score (nSPS) is 17.3. The molecule has 0 saturated heterocycles. The zero-order chi connectivity index (χ0) is 15.4. The zero-order valence-electron chi connectivity index (χ0n) is 12.1. The highest BCUT2D eigenvalue weighted by Crippen LogP contribution is 2.25. The second kappa shape index (κ2) is 7.14. The van der Waals surface area contributed by atoms with Gasteiger partial charge in [-0.05, 0) is 19.1 Å². The van der Waals surface area contributed by atoms with Gasteiger partial charge in [-0.1, -0.05) is 41.3 Å². The number of benzene rings is 1. The summed E-state index contributed by atoms with van der Waals surface area (Å²) in [7, 11) is 0. The summed E-state index contributed by atoms with van der Waals surface area (Å²) in [5.74, 6) is 0.129. The molecule has 0 unspecified atom stereocenters. The van der Waals surface area contributed by atoms with Gasteiger partial charge >= 0.3 is 0 Å². The molecule has 1 aromatic carbocycles. The van der Waals surface area contributed by atoms with E-state index in [0.29, 0.717) is 36.0 Å². The number of nitrogens with zero attached hydrogens (tertiary/aromatic N) is 2. The average molecular weight is 329 g/mol. The molecule has 0 saturated carbocycles. The second-order valence-electron chi connectivity index (χ2n) is 4.88. The van der Waals surface area contributed by atoms with E-state index in [4.69, 9.17) is 28.0 Å². The molecule has 2 rings (SSSR count). The highest BCUT2D eigenvalue weighted by Gasteiger charge is 2.25. The van der Waals surface area contributed by atoms with Crippen LogP contribution >= 0.6 is 23.2 Å². The van der Waals surface area contributed by atoms with Gasteiger partial charge in [0.1, 0.15) is 0 Å². The Morgan fingerprint density at radius 2 is 2.14 bits per heavy atom. The van der Waals surface area contributed by atoms with Gasteiger partial charge in [0, 0.05) is 24.9 Å². The first-order chi connectivity index (χ1) is 10.0. The van der Waals surface area contributed by atoms with E-state index in [9.17, 15) is 4.79 Å². The fourth-order valence-corrected chi connectivity index (χ4v) is 2.55. The molecular formula is C15H18Cl2N2O2. The maximum atomic E-state index is 11.8. The summed E-state index contributed by atoms with van der Waals surface area (Å²) in [6, 6.07) is 5.39. The highest BCUT2D eigenvalue weighted by atomic mass is 35.5. The lowest BCUT2D eigenvalue weighted by molar-refractivity contribution is -0.132. The molecule has 4 nitrogen and oxygen atoms in total. The van der Waals surface area contributed by atoms with Crippen LogP contribution in [0.2, 0.25) is 10.0 Å². The number of hydrogen-bond donors (Lipinski definition) is 0. The number of carbonyl (C=O) groups excluding carboxylic acids is 1. The first kappa shape index (κ1) is 16.1. The molecule has 0 N–H and O–H groups in total. The molecule has 114 valence electrons. The van der Waals surface area contributed by atoms with Crippen LogP contribution in [0.1, 0.15) is 32.3 Å². The Morgan fingerprint density at radius 3 is 2.76 bits per heavy atom. The first-order valence-electron chi connectivity index (χ1n) is 7.01. The quantitative estimate of drug-likeness (QED) is 0.826. The number of hydrogen-bond acceptors (Lipinski definition) is 3. The van der Waals surface area contributed by atoms with Gasteiger partial charge < -0.3 is 9.74 Å². The minimum atomic E-state index is -0.107. The largest absolute Gasteiger partial charge is 0.390 e. The van der Waals surface area contributed by atoms with Crippen LogP contribution in [0.4, 0.5) is 0 Å². The molecule has 1 aliphatic rings. The highest BCUT2D eigenvalue weighted by molar-refractivity contribution is 6.42. The minimum Gasteiger partial charge on any atom is -0.390 e. The molecule has 1 aliphatic heterocycles. The molecule has 0 aromatic heterocycles. The average Bonchev–Trinajstić information content (AvgIpc) is 2.95. The van der Waals surface area contributed by atoms with E-state index in [1.54, 1.807) is 17.0 Å². The van der Waals surface area contributed by atoms with Crippen LogP contribution in [0.5, 0.6) is 0 Å². The van der Waals surface area contributed by atoms with Crippen LogP contribution < -0.4 is 0 Å². The van der Waals surface area contributed by atoms with Crippen LogP contribution in [0.15, 0.2) is 23.4 Å². The van der Waals surface area contributed by atoms with E-state index >= 15 is 0 Å². The lowest BCUT2D eigenvalue weighted by atomic mass is 10.0. The molecular weight excluding hydrogens is 311 g/mol. The Morgan fingerprint density at radius 1 is 1.38 bits per heavy atom. The third kappa shape index (κ3) is 3.89. The van der Waals surface area contributed by atoms with Gasteiger partial charge in [0.15, 0.2) is 6.10 Å². The number of amides is 1. The summed E-state index contributed by atoms with van der Waals surface area (Å²) in [5, 5.41) is 5.12. The van der Waals surface area contributed by atoms with Crippen molar-refractivity contribution >= 4 is 34.8 Å². The fourth-order valence-electron chi connectivity index (χ4n) is 2.25. The van der Waals surface area contributed by atoms with E-state index in [1.807, 2.05) is 19.9 Å². The number of oxime groups is 1. The van der Waals surface area contributed by atoms with Crippen LogP contribution in [0.25, 0.3) is 0 Å². The van der Waals surface area contributed by atoms with Gasteiger partial charge in [0.2, 0.25) is 5.91 Å². The number of carbonyl (C=O) groups is 1. The Balaban J connectivity index is 1.99. The van der Waals surface area contributed by atoms with Crippen molar-refractivity contribution in [3.05, 3.63) is 33.8 Å². The van der Waals surface area contributed by atoms with Gasteiger partial charge in [-0.2, -0.15) is 0 Å². The lowest BCUT2D eigenvalue weighted by Crippen LogP contribution is -2.37. The van der Waals surface area contributed by atoms with Gasteiger partial charge in [0.25, 0.3) is 0 Å². The van der Waals surface area contributed by atoms with E-state index in [1.165, 1.54) is 0 Å². The standard InChI is InChI=1S/C15H18Cl2N2O2/c1-3-15(20)19(4-2)9-11-8-14(18-21-11)10-5-6-12(16)13(17)7-10/h5-7,11H,3-4,8-9H2,1-2H3/t11-/m0/s1. The van der Waals surface area contributed by atoms with Crippen LogP contribution in [0.3, 0.4) is 0 Å². The number of halogens is 2. The molecule has 1 amide bonds. The summed E-state index contributed by atoms with van der Waals surface area (Å²) >= 11 is 11.9. The van der Waals surface area contributed by atoms with E-state index in [-0.39, 0.29) is 12.0 Å². The maximum Gasteiger partial charge on any atom is 0.222 e. The summed E-state index contributed by atoms with van der Waals surface area (Å²) in [6.45, 7) is 5.05. The second-order valence-corrected chi connectivity index (χ2v) is 5.70. The summed E-state index contributed by atoms with van der Waals surface area (Å²) in [4.78, 5) is 19.0. The number of rotatable bonds is 5. The summed E-state index contributed by atoms with van der Waals surface area (Å²) in [5.41, 5.74) is 1.73. The molecule has 0 bridgehead atoms. The Hall–Kier alpha value is -1.26. The van der Waals surface area contributed by atoms with Crippen molar-refractivity contribution in [1.82, 2.24) is 4.90 Å². The predicted octanol–water partition coefficient (Wildman–Crippen LogP) is 3.74. The summed E-state index contributed by atoms with van der Waals surface area (Å²) < 4.78 is 0. The molecule has 1 atom stereocenters. The first-order valence-corrected chi connectivity index (χ1v) is 7.76. The van der Waals surface area contributed by atoms with Crippen molar-refractivity contribution in [3.63, 3.8) is 0 Å². The smallest absolute Gasteiger partial charge is 0.222 e. The van der Waals surface area contributed by atoms with Crippen LogP contribution in [-0.2, 0) is 9.63 Å². The molecule has 1 aromatic rings. The third-order valence-corrected chi connectivity index (χ3v) is 4.19. The van der Waals surface area contributed by atoms with E-state index < -0.39 is 0 Å². The molecule has 1 heterocycles.